The molecule has 7 nitrogen and oxygen atoms in total. The Kier molecular flexibility index (Phi) is 5.94. The number of hydrogen-bond acceptors (Lipinski definition) is 7. The first-order valence-electron chi connectivity index (χ1n) is 9.39. The van der Waals surface area contributed by atoms with Gasteiger partial charge in [-0.1, -0.05) is 11.3 Å². The molecule has 0 aliphatic carbocycles. The molecular formula is C20H16F3N5O2S. The molecular weight excluding hydrogens is 431 g/mol. The van der Waals surface area contributed by atoms with Crippen LogP contribution in [-0.4, -0.2) is 40.0 Å². The standard InChI is InChI=1S/C20H16F3N5O2S/c21-13-7-14(22)17(15(23)8-13)18(29)11-3-5-28(6-4-11)16-2-1-12(9-24-16)19(30)26-20-27-25-10-31-20/h1-2,7-11H,3-6H2,(H,26,27,30). The predicted molar refractivity (Wildman–Crippen MR) is 108 cm³/mol. The van der Waals surface area contributed by atoms with Gasteiger partial charge in [0, 0.05) is 37.3 Å². The summed E-state index contributed by atoms with van der Waals surface area (Å²) in [6.07, 6.45) is 2.18. The molecule has 1 aliphatic heterocycles. The number of hydrogen-bond donors (Lipinski definition) is 1. The van der Waals surface area contributed by atoms with Crippen LogP contribution in [0.4, 0.5) is 24.1 Å². The van der Waals surface area contributed by atoms with Gasteiger partial charge in [-0.2, -0.15) is 0 Å². The number of carbonyl (C=O) groups is 2. The quantitative estimate of drug-likeness (QED) is 0.600. The molecule has 1 aliphatic rings. The lowest BCUT2D eigenvalue weighted by Crippen LogP contribution is -2.37. The summed E-state index contributed by atoms with van der Waals surface area (Å²) in [6, 6.07) is 4.34. The molecule has 1 aromatic carbocycles. The molecule has 1 N–H and O–H groups in total. The van der Waals surface area contributed by atoms with Crippen molar-refractivity contribution in [1.29, 1.82) is 0 Å². The van der Waals surface area contributed by atoms with Gasteiger partial charge in [0.25, 0.3) is 5.91 Å². The van der Waals surface area contributed by atoms with E-state index in [0.717, 1.165) is 0 Å². The molecule has 0 atom stereocenters. The minimum Gasteiger partial charge on any atom is -0.357 e. The summed E-state index contributed by atoms with van der Waals surface area (Å²) < 4.78 is 40.9. The van der Waals surface area contributed by atoms with E-state index < -0.39 is 34.7 Å². The molecule has 0 radical (unpaired) electrons. The van der Waals surface area contributed by atoms with Crippen LogP contribution in [0.2, 0.25) is 0 Å². The largest absolute Gasteiger partial charge is 0.357 e. The minimum atomic E-state index is -1.19. The van der Waals surface area contributed by atoms with Crippen LogP contribution in [0, 0.1) is 23.4 Å². The number of Topliss-reactive ketones (excluding diaryl/α,β-unsaturated/α-hetero) is 1. The fourth-order valence-electron chi connectivity index (χ4n) is 3.46. The highest BCUT2D eigenvalue weighted by atomic mass is 32.1. The van der Waals surface area contributed by atoms with E-state index in [1.165, 1.54) is 23.0 Å². The lowest BCUT2D eigenvalue weighted by molar-refractivity contribution is 0.0891. The van der Waals surface area contributed by atoms with Crippen LogP contribution in [-0.2, 0) is 0 Å². The molecule has 1 amide bonds. The number of halogens is 3. The molecule has 1 fully saturated rings. The van der Waals surface area contributed by atoms with Gasteiger partial charge in [0.1, 0.15) is 28.8 Å². The SMILES string of the molecule is O=C(Nc1nncs1)c1ccc(N2CCC(C(=O)c3c(F)cc(F)cc3F)CC2)nc1. The second-order valence-electron chi connectivity index (χ2n) is 6.97. The summed E-state index contributed by atoms with van der Waals surface area (Å²) in [5.74, 6) is -4.40. The number of nitrogens with one attached hydrogen (secondary N) is 1. The third-order valence-corrected chi connectivity index (χ3v) is 5.64. The number of anilines is 2. The second-order valence-corrected chi connectivity index (χ2v) is 7.81. The van der Waals surface area contributed by atoms with Crippen LogP contribution in [0.5, 0.6) is 0 Å². The lowest BCUT2D eigenvalue weighted by Gasteiger charge is -2.32. The van der Waals surface area contributed by atoms with Crippen molar-refractivity contribution in [2.24, 2.45) is 5.92 Å². The van der Waals surface area contributed by atoms with E-state index in [0.29, 0.717) is 54.6 Å². The molecule has 11 heteroatoms. The molecule has 4 rings (SSSR count). The number of amides is 1. The van der Waals surface area contributed by atoms with Gasteiger partial charge in [-0.3, -0.25) is 14.9 Å². The highest BCUT2D eigenvalue weighted by molar-refractivity contribution is 7.13. The van der Waals surface area contributed by atoms with E-state index in [2.05, 4.69) is 20.5 Å². The average Bonchev–Trinajstić information content (AvgIpc) is 3.26. The van der Waals surface area contributed by atoms with Crippen LogP contribution in [0.3, 0.4) is 0 Å². The maximum atomic E-state index is 13.9. The van der Waals surface area contributed by atoms with Gasteiger partial charge in [0.05, 0.1) is 11.1 Å². The van der Waals surface area contributed by atoms with Crippen molar-refractivity contribution in [3.8, 4) is 0 Å². The summed E-state index contributed by atoms with van der Waals surface area (Å²) in [5.41, 5.74) is 1.17. The zero-order chi connectivity index (χ0) is 22.0. The van der Waals surface area contributed by atoms with Gasteiger partial charge >= 0.3 is 0 Å². The first-order valence-corrected chi connectivity index (χ1v) is 10.3. The maximum Gasteiger partial charge on any atom is 0.259 e. The second kappa shape index (κ2) is 8.80. The van der Waals surface area contributed by atoms with Crippen LogP contribution < -0.4 is 10.2 Å². The number of carbonyl (C=O) groups excluding carboxylic acids is 2. The number of aromatic nitrogens is 3. The highest BCUT2D eigenvalue weighted by Crippen LogP contribution is 2.27. The number of piperidine rings is 1. The first-order chi connectivity index (χ1) is 14.9. The number of rotatable bonds is 5. The first kappa shape index (κ1) is 20.9. The van der Waals surface area contributed by atoms with Crippen LogP contribution >= 0.6 is 11.3 Å². The van der Waals surface area contributed by atoms with Gasteiger partial charge < -0.3 is 4.90 Å². The van der Waals surface area contributed by atoms with Crippen molar-refractivity contribution in [3.63, 3.8) is 0 Å². The van der Waals surface area contributed by atoms with E-state index in [-0.39, 0.29) is 5.91 Å². The fourth-order valence-corrected chi connectivity index (χ4v) is 3.90. The number of ketones is 1. The van der Waals surface area contributed by atoms with Gasteiger partial charge in [0.15, 0.2) is 5.78 Å². The van der Waals surface area contributed by atoms with E-state index >= 15 is 0 Å². The minimum absolute atomic E-state index is 0.353. The van der Waals surface area contributed by atoms with Gasteiger partial charge in [0.2, 0.25) is 5.13 Å². The molecule has 160 valence electrons. The van der Waals surface area contributed by atoms with Crippen LogP contribution in [0.1, 0.15) is 33.6 Å². The van der Waals surface area contributed by atoms with E-state index in [1.54, 1.807) is 12.1 Å². The Labute approximate surface area is 178 Å². The Morgan fingerprint density at radius 3 is 2.39 bits per heavy atom. The van der Waals surface area contributed by atoms with Crippen molar-refractivity contribution in [2.45, 2.75) is 12.8 Å². The van der Waals surface area contributed by atoms with Crippen molar-refractivity contribution >= 4 is 34.0 Å². The third-order valence-electron chi connectivity index (χ3n) is 5.03. The molecule has 0 saturated carbocycles. The van der Waals surface area contributed by atoms with Crippen LogP contribution in [0.25, 0.3) is 0 Å². The summed E-state index contributed by atoms with van der Waals surface area (Å²) >= 11 is 1.20. The Bertz CT molecular complexity index is 1080. The molecule has 1 saturated heterocycles. The third kappa shape index (κ3) is 4.55. The summed E-state index contributed by atoms with van der Waals surface area (Å²) in [4.78, 5) is 31.0. The van der Waals surface area contributed by atoms with Crippen molar-refractivity contribution < 1.29 is 22.8 Å². The molecule has 0 unspecified atom stereocenters. The smallest absolute Gasteiger partial charge is 0.259 e. The lowest BCUT2D eigenvalue weighted by atomic mass is 9.88. The summed E-state index contributed by atoms with van der Waals surface area (Å²) in [6.45, 7) is 0.897. The Morgan fingerprint density at radius 2 is 1.81 bits per heavy atom. The van der Waals surface area contributed by atoms with Crippen molar-refractivity contribution in [1.82, 2.24) is 15.2 Å². The zero-order valence-electron chi connectivity index (χ0n) is 16.0. The van der Waals surface area contributed by atoms with Gasteiger partial charge in [-0.05, 0) is 25.0 Å². The number of pyridine rings is 1. The monoisotopic (exact) mass is 447 g/mol. The number of nitrogens with zero attached hydrogens (tertiary/aromatic N) is 4. The van der Waals surface area contributed by atoms with Gasteiger partial charge in [-0.15, -0.1) is 10.2 Å². The maximum absolute atomic E-state index is 13.9. The van der Waals surface area contributed by atoms with E-state index in [9.17, 15) is 22.8 Å². The molecule has 0 bridgehead atoms. The van der Waals surface area contributed by atoms with Crippen molar-refractivity contribution in [2.75, 3.05) is 23.3 Å². The van der Waals surface area contributed by atoms with Crippen molar-refractivity contribution in [3.05, 3.63) is 64.6 Å². The molecule has 31 heavy (non-hydrogen) atoms. The molecule has 2 aromatic heterocycles. The fraction of sp³-hybridized carbons (Fsp3) is 0.250. The highest BCUT2D eigenvalue weighted by Gasteiger charge is 2.30. The van der Waals surface area contributed by atoms with E-state index in [1.807, 2.05) is 4.90 Å². The molecule has 3 aromatic rings. The summed E-state index contributed by atoms with van der Waals surface area (Å²) in [5, 5.41) is 10.4. The summed E-state index contributed by atoms with van der Waals surface area (Å²) in [7, 11) is 0. The van der Waals surface area contributed by atoms with Crippen LogP contribution in [0.15, 0.2) is 36.0 Å². The number of benzene rings is 1. The van der Waals surface area contributed by atoms with Gasteiger partial charge in [-0.25, -0.2) is 18.2 Å². The Morgan fingerprint density at radius 1 is 1.10 bits per heavy atom. The Hall–Kier alpha value is -3.34. The molecule has 0 spiro atoms. The topological polar surface area (TPSA) is 88.1 Å². The average molecular weight is 447 g/mol. The predicted octanol–water partition coefficient (Wildman–Crippen LogP) is 3.70. The zero-order valence-corrected chi connectivity index (χ0v) is 16.8. The normalized spacial score (nSPS) is 14.5. The Balaban J connectivity index is 1.37. The van der Waals surface area contributed by atoms with E-state index in [4.69, 9.17) is 0 Å². The molecule has 3 heterocycles.